The molecule has 1 N–H and O–H groups in total. The fourth-order valence-electron chi connectivity index (χ4n) is 4.81. The lowest BCUT2D eigenvalue weighted by atomic mass is 10.1. The molecular weight excluding hydrogens is 512 g/mol. The molecule has 2 aromatic carbocycles. The number of ether oxygens (including phenoxy) is 1. The van der Waals surface area contributed by atoms with Gasteiger partial charge in [0.2, 0.25) is 17.8 Å². The zero-order chi connectivity index (χ0) is 27.9. The van der Waals surface area contributed by atoms with Gasteiger partial charge in [0.15, 0.2) is 0 Å². The Morgan fingerprint density at radius 1 is 0.925 bits per heavy atom. The number of rotatable bonds is 8. The van der Waals surface area contributed by atoms with Gasteiger partial charge in [-0.1, -0.05) is 0 Å². The molecule has 2 aliphatic rings. The molecule has 208 valence electrons. The summed E-state index contributed by atoms with van der Waals surface area (Å²) in [5.74, 6) is 1.52. The van der Waals surface area contributed by atoms with E-state index in [4.69, 9.17) is 9.72 Å². The topological polar surface area (TPSA) is 139 Å². The summed E-state index contributed by atoms with van der Waals surface area (Å²) in [5, 5.41) is 15.3. The molecule has 0 saturated carbocycles. The highest BCUT2D eigenvalue weighted by Crippen LogP contribution is 2.23. The Bertz CT molecular complexity index is 1350. The minimum atomic E-state index is -0.593. The van der Waals surface area contributed by atoms with Crippen LogP contribution in [0.15, 0.2) is 47.6 Å². The van der Waals surface area contributed by atoms with Crippen molar-refractivity contribution >= 4 is 35.7 Å². The zero-order valence-corrected chi connectivity index (χ0v) is 22.5. The van der Waals surface area contributed by atoms with Crippen molar-refractivity contribution in [3.05, 3.63) is 69.3 Å². The lowest BCUT2D eigenvalue weighted by Crippen LogP contribution is -2.34. The van der Waals surface area contributed by atoms with Crippen LogP contribution in [0.25, 0.3) is 0 Å². The molecule has 2 fully saturated rings. The van der Waals surface area contributed by atoms with E-state index in [1.54, 1.807) is 37.4 Å². The quantitative estimate of drug-likeness (QED) is 0.139. The number of nitro groups is 1. The standard InChI is InChI=1S/C28H32N8O4/c1-20-18-22(10-13-24(20)36(38)39)25(37)40-23-11-8-21(9-12-23)19-29-33-26-30-27(34-14-4-2-5-15-34)32-28(31-26)35-16-6-3-7-17-35/h8-13,18-19H,2-7,14-17H2,1H3,(H,30,31,32,33)/b29-19-. The first-order valence-electron chi connectivity index (χ1n) is 13.6. The summed E-state index contributed by atoms with van der Waals surface area (Å²) in [6.45, 7) is 5.33. The first-order chi connectivity index (χ1) is 19.5. The SMILES string of the molecule is Cc1cc(C(=O)Oc2ccc(/C=N\Nc3nc(N4CCCCC4)nc(N4CCCCC4)n3)cc2)ccc1[N+](=O)[O-]. The van der Waals surface area contributed by atoms with Gasteiger partial charge in [0.1, 0.15) is 5.75 Å². The lowest BCUT2D eigenvalue weighted by Gasteiger charge is -2.30. The van der Waals surface area contributed by atoms with Crippen molar-refractivity contribution in [1.82, 2.24) is 15.0 Å². The summed E-state index contributed by atoms with van der Waals surface area (Å²) < 4.78 is 5.42. The smallest absolute Gasteiger partial charge is 0.343 e. The van der Waals surface area contributed by atoms with Gasteiger partial charge in [0.25, 0.3) is 5.69 Å². The van der Waals surface area contributed by atoms with Crippen LogP contribution in [0.1, 0.15) is 60.0 Å². The Kier molecular flexibility index (Phi) is 8.43. The maximum absolute atomic E-state index is 12.5. The molecule has 0 radical (unpaired) electrons. The minimum absolute atomic E-state index is 0.0450. The molecule has 3 heterocycles. The molecule has 0 spiro atoms. The first kappa shape index (κ1) is 27.0. The number of carbonyl (C=O) groups excluding carboxylic acids is 1. The molecule has 0 bridgehead atoms. The van der Waals surface area contributed by atoms with Gasteiger partial charge in [-0.05, 0) is 87.4 Å². The van der Waals surface area contributed by atoms with Gasteiger partial charge in [0, 0.05) is 37.8 Å². The normalized spacial score (nSPS) is 15.7. The van der Waals surface area contributed by atoms with Crippen molar-refractivity contribution in [3.8, 4) is 5.75 Å². The largest absolute Gasteiger partial charge is 0.423 e. The molecule has 40 heavy (non-hydrogen) atoms. The molecule has 0 aliphatic carbocycles. The number of aromatic nitrogens is 3. The van der Waals surface area contributed by atoms with Gasteiger partial charge >= 0.3 is 5.97 Å². The van der Waals surface area contributed by atoms with Gasteiger partial charge in [-0.2, -0.15) is 20.1 Å². The van der Waals surface area contributed by atoms with Crippen LogP contribution in [0.4, 0.5) is 23.5 Å². The van der Waals surface area contributed by atoms with Crippen LogP contribution in [0.5, 0.6) is 5.75 Å². The number of anilines is 3. The second-order valence-corrected chi connectivity index (χ2v) is 9.94. The Balaban J connectivity index is 1.24. The summed E-state index contributed by atoms with van der Waals surface area (Å²) >= 11 is 0. The molecule has 0 unspecified atom stereocenters. The van der Waals surface area contributed by atoms with Gasteiger partial charge in [-0.25, -0.2) is 10.2 Å². The van der Waals surface area contributed by atoms with Crippen molar-refractivity contribution < 1.29 is 14.5 Å². The number of benzene rings is 2. The number of aryl methyl sites for hydroxylation is 1. The summed E-state index contributed by atoms with van der Waals surface area (Å²) in [4.78, 5) is 41.5. The highest BCUT2D eigenvalue weighted by Gasteiger charge is 2.20. The third-order valence-corrected chi connectivity index (χ3v) is 6.99. The summed E-state index contributed by atoms with van der Waals surface area (Å²) in [6, 6.07) is 11.0. The van der Waals surface area contributed by atoms with E-state index < -0.39 is 10.9 Å². The highest BCUT2D eigenvalue weighted by molar-refractivity contribution is 5.91. The zero-order valence-electron chi connectivity index (χ0n) is 22.5. The van der Waals surface area contributed by atoms with Gasteiger partial charge in [0.05, 0.1) is 16.7 Å². The Morgan fingerprint density at radius 3 is 2.08 bits per heavy atom. The summed E-state index contributed by atoms with van der Waals surface area (Å²) in [6.07, 6.45) is 8.61. The van der Waals surface area contributed by atoms with E-state index in [0.717, 1.165) is 57.4 Å². The number of nitro benzene ring substituents is 1. The second-order valence-electron chi connectivity index (χ2n) is 9.94. The van der Waals surface area contributed by atoms with E-state index in [1.165, 1.54) is 31.0 Å². The average molecular weight is 545 g/mol. The van der Waals surface area contributed by atoms with Gasteiger partial charge in [-0.15, -0.1) is 0 Å². The van der Waals surface area contributed by atoms with E-state index in [2.05, 4.69) is 30.3 Å². The minimum Gasteiger partial charge on any atom is -0.423 e. The van der Waals surface area contributed by atoms with E-state index in [0.29, 0.717) is 29.2 Å². The van der Waals surface area contributed by atoms with Crippen molar-refractivity contribution in [2.45, 2.75) is 45.4 Å². The highest BCUT2D eigenvalue weighted by atomic mass is 16.6. The van der Waals surface area contributed by atoms with Crippen LogP contribution in [0.2, 0.25) is 0 Å². The number of piperidine rings is 2. The molecule has 2 aliphatic heterocycles. The maximum atomic E-state index is 12.5. The predicted molar refractivity (Wildman–Crippen MR) is 152 cm³/mol. The molecular formula is C28H32N8O4. The molecule has 1 aromatic heterocycles. The predicted octanol–water partition coefficient (Wildman–Crippen LogP) is 4.73. The van der Waals surface area contributed by atoms with E-state index >= 15 is 0 Å². The molecule has 0 atom stereocenters. The molecule has 3 aromatic rings. The molecule has 0 amide bonds. The van der Waals surface area contributed by atoms with Gasteiger partial charge in [-0.3, -0.25) is 10.1 Å². The molecule has 2 saturated heterocycles. The second kappa shape index (κ2) is 12.5. The van der Waals surface area contributed by atoms with E-state index in [9.17, 15) is 14.9 Å². The lowest BCUT2D eigenvalue weighted by molar-refractivity contribution is -0.385. The van der Waals surface area contributed by atoms with E-state index in [1.807, 2.05) is 0 Å². The molecule has 12 heteroatoms. The maximum Gasteiger partial charge on any atom is 0.343 e. The van der Waals surface area contributed by atoms with Crippen LogP contribution >= 0.6 is 0 Å². The third kappa shape index (κ3) is 6.68. The summed E-state index contributed by atoms with van der Waals surface area (Å²) in [5.41, 5.74) is 4.32. The Labute approximate surface area is 232 Å². The number of nitrogens with one attached hydrogen (secondary N) is 1. The number of nitrogens with zero attached hydrogens (tertiary/aromatic N) is 7. The van der Waals surface area contributed by atoms with Crippen LogP contribution in [-0.4, -0.2) is 58.2 Å². The first-order valence-corrected chi connectivity index (χ1v) is 13.6. The number of esters is 1. The molecule has 5 rings (SSSR count). The fourth-order valence-corrected chi connectivity index (χ4v) is 4.81. The van der Waals surface area contributed by atoms with Crippen LogP contribution < -0.4 is 20.0 Å². The van der Waals surface area contributed by atoms with Crippen LogP contribution in [0, 0.1) is 17.0 Å². The van der Waals surface area contributed by atoms with Gasteiger partial charge < -0.3 is 14.5 Å². The number of hydrogen-bond acceptors (Lipinski definition) is 11. The van der Waals surface area contributed by atoms with Crippen LogP contribution in [0.3, 0.4) is 0 Å². The fraction of sp³-hybridized carbons (Fsp3) is 0.393. The number of hydrogen-bond donors (Lipinski definition) is 1. The summed E-state index contributed by atoms with van der Waals surface area (Å²) in [7, 11) is 0. The van der Waals surface area contributed by atoms with Crippen molar-refractivity contribution in [2.24, 2.45) is 5.10 Å². The van der Waals surface area contributed by atoms with Crippen molar-refractivity contribution in [3.63, 3.8) is 0 Å². The number of carbonyl (C=O) groups is 1. The van der Waals surface area contributed by atoms with Crippen molar-refractivity contribution in [2.75, 3.05) is 41.4 Å². The van der Waals surface area contributed by atoms with Crippen LogP contribution in [-0.2, 0) is 0 Å². The van der Waals surface area contributed by atoms with E-state index in [-0.39, 0.29) is 11.3 Å². The Hall–Kier alpha value is -4.61. The van der Waals surface area contributed by atoms with Crippen molar-refractivity contribution in [1.29, 1.82) is 0 Å². The Morgan fingerprint density at radius 2 is 1.52 bits per heavy atom. The monoisotopic (exact) mass is 544 g/mol. The molecule has 12 nitrogen and oxygen atoms in total. The average Bonchev–Trinajstić information content (AvgIpc) is 2.98. The third-order valence-electron chi connectivity index (χ3n) is 6.99. The number of hydrazone groups is 1.